The molecule has 0 saturated heterocycles. The fourth-order valence-electron chi connectivity index (χ4n) is 0.964. The normalized spacial score (nSPS) is 12.3. The predicted molar refractivity (Wildman–Crippen MR) is 51.2 cm³/mol. The molecule has 76 valence electrons. The van der Waals surface area contributed by atoms with Gasteiger partial charge in [0.1, 0.15) is 0 Å². The van der Waals surface area contributed by atoms with E-state index in [4.69, 9.17) is 11.6 Å². The fourth-order valence-corrected chi connectivity index (χ4v) is 1.05. The fraction of sp³-hybridized carbons (Fsp3) is 0.200. The van der Waals surface area contributed by atoms with Crippen LogP contribution in [0.15, 0.2) is 30.3 Å². The van der Waals surface area contributed by atoms with Gasteiger partial charge < -0.3 is 0 Å². The van der Waals surface area contributed by atoms with E-state index < -0.39 is 11.7 Å². The third-order valence-corrected chi connectivity index (χ3v) is 1.82. The van der Waals surface area contributed by atoms with Crippen molar-refractivity contribution < 1.29 is 13.2 Å². The summed E-state index contributed by atoms with van der Waals surface area (Å²) in [5.41, 5.74) is 0.0687. The minimum absolute atomic E-state index is 0.348. The molecule has 0 spiro atoms. The van der Waals surface area contributed by atoms with E-state index in [-0.39, 0.29) is 0 Å². The number of hydrogen-bond donors (Lipinski definition) is 0. The first-order valence-corrected chi connectivity index (χ1v) is 4.47. The molecule has 0 aromatic heterocycles. The Labute approximate surface area is 85.0 Å². The zero-order chi connectivity index (χ0) is 10.6. The molecule has 0 heterocycles. The van der Waals surface area contributed by atoms with Crippen LogP contribution in [0.4, 0.5) is 13.2 Å². The lowest BCUT2D eigenvalue weighted by molar-refractivity contribution is -0.137. The van der Waals surface area contributed by atoms with Crippen LogP contribution in [0.1, 0.15) is 11.1 Å². The Kier molecular flexibility index (Phi) is 3.58. The molecule has 14 heavy (non-hydrogen) atoms. The van der Waals surface area contributed by atoms with Crippen LogP contribution in [-0.4, -0.2) is 5.88 Å². The SMILES string of the molecule is FC(F)(F)c1ccc(C=CCCl)cc1. The number of allylic oxidation sites excluding steroid dienone is 1. The van der Waals surface area contributed by atoms with Gasteiger partial charge in [-0.1, -0.05) is 24.3 Å². The average Bonchev–Trinajstić information content (AvgIpc) is 2.14. The van der Waals surface area contributed by atoms with Crippen LogP contribution in [0, 0.1) is 0 Å². The molecular formula is C10H8ClF3. The number of halogens is 4. The number of benzene rings is 1. The van der Waals surface area contributed by atoms with E-state index in [1.54, 1.807) is 12.2 Å². The summed E-state index contributed by atoms with van der Waals surface area (Å²) >= 11 is 5.39. The van der Waals surface area contributed by atoms with E-state index in [2.05, 4.69) is 0 Å². The molecule has 0 N–H and O–H groups in total. The van der Waals surface area contributed by atoms with Crippen molar-refractivity contribution in [3.8, 4) is 0 Å². The Morgan fingerprint density at radius 2 is 1.71 bits per heavy atom. The Balaban J connectivity index is 2.84. The Hall–Kier alpha value is -0.960. The van der Waals surface area contributed by atoms with Crippen LogP contribution in [-0.2, 0) is 6.18 Å². The monoisotopic (exact) mass is 220 g/mol. The molecule has 4 heteroatoms. The second-order valence-corrected chi connectivity index (χ2v) is 2.99. The van der Waals surface area contributed by atoms with Crippen molar-refractivity contribution in [3.63, 3.8) is 0 Å². The lowest BCUT2D eigenvalue weighted by Gasteiger charge is -2.05. The van der Waals surface area contributed by atoms with Crippen molar-refractivity contribution in [1.29, 1.82) is 0 Å². The summed E-state index contributed by atoms with van der Waals surface area (Å²) in [5.74, 6) is 0.348. The van der Waals surface area contributed by atoms with Crippen molar-refractivity contribution in [2.45, 2.75) is 6.18 Å². The highest BCUT2D eigenvalue weighted by Gasteiger charge is 2.29. The smallest absolute Gasteiger partial charge is 0.166 e. The van der Waals surface area contributed by atoms with Crippen molar-refractivity contribution in [2.24, 2.45) is 0 Å². The lowest BCUT2D eigenvalue weighted by Crippen LogP contribution is -2.03. The molecule has 0 nitrogen and oxygen atoms in total. The zero-order valence-corrected chi connectivity index (χ0v) is 7.94. The molecule has 1 rings (SSSR count). The topological polar surface area (TPSA) is 0 Å². The van der Waals surface area contributed by atoms with Gasteiger partial charge in [-0.05, 0) is 17.7 Å². The Morgan fingerprint density at radius 1 is 1.14 bits per heavy atom. The van der Waals surface area contributed by atoms with Crippen LogP contribution in [0.2, 0.25) is 0 Å². The summed E-state index contributed by atoms with van der Waals surface area (Å²) in [5, 5.41) is 0. The van der Waals surface area contributed by atoms with Gasteiger partial charge in [0.25, 0.3) is 0 Å². The molecule has 1 aromatic rings. The maximum Gasteiger partial charge on any atom is 0.416 e. The largest absolute Gasteiger partial charge is 0.416 e. The molecular weight excluding hydrogens is 213 g/mol. The molecule has 0 aliphatic carbocycles. The highest BCUT2D eigenvalue weighted by atomic mass is 35.5. The van der Waals surface area contributed by atoms with E-state index in [1.807, 2.05) is 0 Å². The zero-order valence-electron chi connectivity index (χ0n) is 7.18. The minimum atomic E-state index is -4.27. The number of hydrogen-bond acceptors (Lipinski definition) is 0. The van der Waals surface area contributed by atoms with Gasteiger partial charge in [-0.3, -0.25) is 0 Å². The number of alkyl halides is 4. The van der Waals surface area contributed by atoms with E-state index in [0.717, 1.165) is 12.1 Å². The summed E-state index contributed by atoms with van der Waals surface area (Å²) in [4.78, 5) is 0. The third kappa shape index (κ3) is 3.07. The van der Waals surface area contributed by atoms with Crippen LogP contribution in [0.3, 0.4) is 0 Å². The number of rotatable bonds is 2. The van der Waals surface area contributed by atoms with Gasteiger partial charge >= 0.3 is 6.18 Å². The maximum absolute atomic E-state index is 12.1. The van der Waals surface area contributed by atoms with E-state index >= 15 is 0 Å². The van der Waals surface area contributed by atoms with Crippen LogP contribution < -0.4 is 0 Å². The highest BCUT2D eigenvalue weighted by Crippen LogP contribution is 2.29. The molecule has 0 aliphatic rings. The summed E-state index contributed by atoms with van der Waals surface area (Å²) in [7, 11) is 0. The second-order valence-electron chi connectivity index (χ2n) is 2.68. The van der Waals surface area contributed by atoms with Gasteiger partial charge in [0.15, 0.2) is 0 Å². The lowest BCUT2D eigenvalue weighted by atomic mass is 10.1. The molecule has 0 saturated carbocycles. The minimum Gasteiger partial charge on any atom is -0.166 e. The van der Waals surface area contributed by atoms with Gasteiger partial charge in [0.05, 0.1) is 5.56 Å². The average molecular weight is 221 g/mol. The standard InChI is InChI=1S/C10H8ClF3/c11-7-1-2-8-3-5-9(6-4-8)10(12,13)14/h1-6H,7H2. The molecule has 0 fully saturated rings. The van der Waals surface area contributed by atoms with Gasteiger partial charge in [0.2, 0.25) is 0 Å². The van der Waals surface area contributed by atoms with Crippen molar-refractivity contribution in [2.75, 3.05) is 5.88 Å². The highest BCUT2D eigenvalue weighted by molar-refractivity contribution is 6.19. The molecule has 0 atom stereocenters. The van der Waals surface area contributed by atoms with Crippen LogP contribution in [0.5, 0.6) is 0 Å². The third-order valence-electron chi connectivity index (χ3n) is 1.64. The van der Waals surface area contributed by atoms with E-state index in [1.165, 1.54) is 12.1 Å². The van der Waals surface area contributed by atoms with Gasteiger partial charge in [-0.2, -0.15) is 13.2 Å². The summed E-state index contributed by atoms with van der Waals surface area (Å²) in [6, 6.07) is 4.92. The van der Waals surface area contributed by atoms with Crippen LogP contribution in [0.25, 0.3) is 6.08 Å². The first-order valence-electron chi connectivity index (χ1n) is 3.94. The predicted octanol–water partition coefficient (Wildman–Crippen LogP) is 3.96. The Morgan fingerprint density at radius 3 is 2.14 bits per heavy atom. The van der Waals surface area contributed by atoms with Gasteiger partial charge in [-0.15, -0.1) is 11.6 Å². The van der Waals surface area contributed by atoms with Gasteiger partial charge in [0, 0.05) is 5.88 Å². The van der Waals surface area contributed by atoms with Crippen LogP contribution >= 0.6 is 11.6 Å². The van der Waals surface area contributed by atoms with Crippen molar-refractivity contribution >= 4 is 17.7 Å². The molecule has 0 unspecified atom stereocenters. The first kappa shape index (κ1) is 11.1. The quantitative estimate of drug-likeness (QED) is 0.662. The molecule has 1 aromatic carbocycles. The molecule has 0 aliphatic heterocycles. The van der Waals surface area contributed by atoms with Gasteiger partial charge in [-0.25, -0.2) is 0 Å². The molecule has 0 amide bonds. The molecule has 0 bridgehead atoms. The first-order chi connectivity index (χ1) is 6.54. The summed E-state index contributed by atoms with van der Waals surface area (Å²) in [6.45, 7) is 0. The summed E-state index contributed by atoms with van der Waals surface area (Å²) in [6.07, 6.45) is -0.925. The second kappa shape index (κ2) is 4.51. The van der Waals surface area contributed by atoms with E-state index in [0.29, 0.717) is 11.4 Å². The maximum atomic E-state index is 12.1. The summed E-state index contributed by atoms with van der Waals surface area (Å²) < 4.78 is 36.4. The Bertz CT molecular complexity index is 311. The van der Waals surface area contributed by atoms with Crippen molar-refractivity contribution in [3.05, 3.63) is 41.5 Å². The molecule has 0 radical (unpaired) electrons. The van der Waals surface area contributed by atoms with Crippen molar-refractivity contribution in [1.82, 2.24) is 0 Å². The van der Waals surface area contributed by atoms with E-state index in [9.17, 15) is 13.2 Å².